The fourth-order valence-corrected chi connectivity index (χ4v) is 2.05. The second-order valence-electron chi connectivity index (χ2n) is 4.01. The number of rotatable bonds is 2. The summed E-state index contributed by atoms with van der Waals surface area (Å²) in [5, 5.41) is 0. The highest BCUT2D eigenvalue weighted by molar-refractivity contribution is 5.55. The first-order valence-electron chi connectivity index (χ1n) is 5.43. The van der Waals surface area contributed by atoms with E-state index in [1.165, 1.54) is 13.2 Å². The van der Waals surface area contributed by atoms with Crippen LogP contribution in [-0.4, -0.2) is 20.3 Å². The van der Waals surface area contributed by atoms with Crippen LogP contribution in [0.2, 0.25) is 0 Å². The van der Waals surface area contributed by atoms with Gasteiger partial charge in [0.15, 0.2) is 0 Å². The standard InChI is InChI=1S/C12H16FNO2/c1-15-11-7-9(6-10(13)12(11)14)8-2-4-16-5-3-8/h6-8H,2-5,14H2,1H3. The van der Waals surface area contributed by atoms with Crippen molar-refractivity contribution < 1.29 is 13.9 Å². The number of nitrogens with two attached hydrogens (primary N) is 1. The van der Waals surface area contributed by atoms with Gasteiger partial charge in [-0.1, -0.05) is 0 Å². The van der Waals surface area contributed by atoms with E-state index in [4.69, 9.17) is 15.2 Å². The lowest BCUT2D eigenvalue weighted by Gasteiger charge is -2.23. The summed E-state index contributed by atoms with van der Waals surface area (Å²) in [5.74, 6) is 0.361. The van der Waals surface area contributed by atoms with Crippen molar-refractivity contribution in [3.05, 3.63) is 23.5 Å². The second-order valence-corrected chi connectivity index (χ2v) is 4.01. The zero-order valence-electron chi connectivity index (χ0n) is 9.33. The first-order chi connectivity index (χ1) is 7.72. The molecule has 0 unspecified atom stereocenters. The minimum absolute atomic E-state index is 0.0818. The van der Waals surface area contributed by atoms with Crippen LogP contribution in [0.15, 0.2) is 12.1 Å². The fraction of sp³-hybridized carbons (Fsp3) is 0.500. The van der Waals surface area contributed by atoms with Gasteiger partial charge in [-0.3, -0.25) is 0 Å². The van der Waals surface area contributed by atoms with E-state index in [1.54, 1.807) is 0 Å². The van der Waals surface area contributed by atoms with Crippen LogP contribution in [0.4, 0.5) is 10.1 Å². The van der Waals surface area contributed by atoms with Gasteiger partial charge in [-0.25, -0.2) is 4.39 Å². The van der Waals surface area contributed by atoms with Gasteiger partial charge in [0.1, 0.15) is 17.3 Å². The molecule has 1 heterocycles. The maximum absolute atomic E-state index is 13.5. The summed E-state index contributed by atoms with van der Waals surface area (Å²) in [5.41, 5.74) is 6.60. The molecule has 0 aliphatic carbocycles. The van der Waals surface area contributed by atoms with Crippen LogP contribution in [0.25, 0.3) is 0 Å². The third kappa shape index (κ3) is 2.11. The van der Waals surface area contributed by atoms with Crippen molar-refractivity contribution in [3.63, 3.8) is 0 Å². The Labute approximate surface area is 94.3 Å². The largest absolute Gasteiger partial charge is 0.494 e. The van der Waals surface area contributed by atoms with E-state index >= 15 is 0 Å². The Morgan fingerprint density at radius 2 is 2.06 bits per heavy atom. The van der Waals surface area contributed by atoms with Crippen LogP contribution in [0.5, 0.6) is 5.75 Å². The molecule has 2 rings (SSSR count). The third-order valence-corrected chi connectivity index (χ3v) is 3.03. The van der Waals surface area contributed by atoms with Crippen LogP contribution in [-0.2, 0) is 4.74 Å². The van der Waals surface area contributed by atoms with Crippen molar-refractivity contribution in [2.75, 3.05) is 26.1 Å². The van der Waals surface area contributed by atoms with Crippen LogP contribution < -0.4 is 10.5 Å². The SMILES string of the molecule is COc1cc(C2CCOCC2)cc(F)c1N. The van der Waals surface area contributed by atoms with Gasteiger partial charge in [-0.15, -0.1) is 0 Å². The maximum Gasteiger partial charge on any atom is 0.150 e. The van der Waals surface area contributed by atoms with E-state index in [0.717, 1.165) is 31.6 Å². The van der Waals surface area contributed by atoms with E-state index in [9.17, 15) is 4.39 Å². The van der Waals surface area contributed by atoms with E-state index in [0.29, 0.717) is 11.7 Å². The zero-order valence-corrected chi connectivity index (χ0v) is 9.33. The molecule has 1 saturated heterocycles. The van der Waals surface area contributed by atoms with Crippen molar-refractivity contribution in [1.82, 2.24) is 0 Å². The predicted octanol–water partition coefficient (Wildman–Crippen LogP) is 2.31. The normalized spacial score (nSPS) is 17.4. The molecule has 1 fully saturated rings. The highest BCUT2D eigenvalue weighted by Crippen LogP contribution is 2.33. The van der Waals surface area contributed by atoms with Crippen molar-refractivity contribution in [1.29, 1.82) is 0 Å². The van der Waals surface area contributed by atoms with E-state index in [-0.39, 0.29) is 5.69 Å². The smallest absolute Gasteiger partial charge is 0.150 e. The lowest BCUT2D eigenvalue weighted by atomic mass is 9.91. The minimum Gasteiger partial charge on any atom is -0.494 e. The first kappa shape index (κ1) is 11.2. The molecule has 0 radical (unpaired) electrons. The number of hydrogen-bond donors (Lipinski definition) is 1. The zero-order chi connectivity index (χ0) is 11.5. The summed E-state index contributed by atoms with van der Waals surface area (Å²) in [7, 11) is 1.50. The third-order valence-electron chi connectivity index (χ3n) is 3.03. The Balaban J connectivity index is 2.29. The molecular formula is C12H16FNO2. The summed E-state index contributed by atoms with van der Waals surface area (Å²) in [4.78, 5) is 0. The quantitative estimate of drug-likeness (QED) is 0.785. The Morgan fingerprint density at radius 1 is 1.38 bits per heavy atom. The number of ether oxygens (including phenoxy) is 2. The van der Waals surface area contributed by atoms with Gasteiger partial charge in [0.05, 0.1) is 7.11 Å². The second kappa shape index (κ2) is 4.70. The van der Waals surface area contributed by atoms with Crippen LogP contribution in [0.1, 0.15) is 24.3 Å². The van der Waals surface area contributed by atoms with Crippen LogP contribution in [0, 0.1) is 5.82 Å². The Hall–Kier alpha value is -1.29. The molecule has 1 aromatic rings. The molecule has 88 valence electrons. The molecule has 0 spiro atoms. The van der Waals surface area contributed by atoms with Crippen LogP contribution in [0.3, 0.4) is 0 Å². The molecule has 16 heavy (non-hydrogen) atoms. The highest BCUT2D eigenvalue weighted by Gasteiger charge is 2.19. The van der Waals surface area contributed by atoms with Gasteiger partial charge < -0.3 is 15.2 Å². The molecule has 4 heteroatoms. The highest BCUT2D eigenvalue weighted by atomic mass is 19.1. The van der Waals surface area contributed by atoms with E-state index in [2.05, 4.69) is 0 Å². The van der Waals surface area contributed by atoms with Gasteiger partial charge in [0, 0.05) is 13.2 Å². The Morgan fingerprint density at radius 3 is 2.69 bits per heavy atom. The number of anilines is 1. The maximum atomic E-state index is 13.5. The molecule has 1 aromatic carbocycles. The number of nitrogen functional groups attached to an aromatic ring is 1. The number of halogens is 1. The van der Waals surface area contributed by atoms with Gasteiger partial charge in [0.2, 0.25) is 0 Å². The molecule has 2 N–H and O–H groups in total. The topological polar surface area (TPSA) is 44.5 Å². The molecule has 3 nitrogen and oxygen atoms in total. The van der Waals surface area contributed by atoms with Crippen molar-refractivity contribution >= 4 is 5.69 Å². The summed E-state index contributed by atoms with van der Waals surface area (Å²) < 4.78 is 23.9. The molecule has 0 aromatic heterocycles. The van der Waals surface area contributed by atoms with Crippen molar-refractivity contribution in [2.45, 2.75) is 18.8 Å². The average Bonchev–Trinajstić information content (AvgIpc) is 2.33. The van der Waals surface area contributed by atoms with Crippen molar-refractivity contribution in [3.8, 4) is 5.75 Å². The van der Waals surface area contributed by atoms with E-state index in [1.807, 2.05) is 6.07 Å². The lowest BCUT2D eigenvalue weighted by molar-refractivity contribution is 0.0852. The fourth-order valence-electron chi connectivity index (χ4n) is 2.05. The van der Waals surface area contributed by atoms with E-state index < -0.39 is 5.82 Å². The summed E-state index contributed by atoms with van der Waals surface area (Å²) in [6.07, 6.45) is 1.85. The summed E-state index contributed by atoms with van der Waals surface area (Å²) in [6.45, 7) is 1.47. The molecule has 1 aliphatic rings. The first-order valence-corrected chi connectivity index (χ1v) is 5.43. The van der Waals surface area contributed by atoms with Gasteiger partial charge >= 0.3 is 0 Å². The number of benzene rings is 1. The van der Waals surface area contributed by atoms with Gasteiger partial charge in [0.25, 0.3) is 0 Å². The minimum atomic E-state index is -0.402. The molecule has 0 bridgehead atoms. The number of methoxy groups -OCH3 is 1. The van der Waals surface area contributed by atoms with Crippen LogP contribution >= 0.6 is 0 Å². The Kier molecular flexibility index (Phi) is 3.29. The molecule has 0 saturated carbocycles. The molecular weight excluding hydrogens is 209 g/mol. The lowest BCUT2D eigenvalue weighted by Crippen LogP contribution is -2.14. The predicted molar refractivity (Wildman–Crippen MR) is 60.2 cm³/mol. The molecule has 1 aliphatic heterocycles. The van der Waals surface area contributed by atoms with Crippen molar-refractivity contribution in [2.24, 2.45) is 0 Å². The molecule has 0 atom stereocenters. The molecule has 0 amide bonds. The Bertz CT molecular complexity index is 376. The summed E-state index contributed by atoms with van der Waals surface area (Å²) in [6, 6.07) is 3.34. The van der Waals surface area contributed by atoms with Gasteiger partial charge in [-0.2, -0.15) is 0 Å². The number of hydrogen-bond acceptors (Lipinski definition) is 3. The summed E-state index contributed by atoms with van der Waals surface area (Å²) >= 11 is 0. The average molecular weight is 225 g/mol. The monoisotopic (exact) mass is 225 g/mol. The van der Waals surface area contributed by atoms with Gasteiger partial charge in [-0.05, 0) is 36.5 Å².